The minimum atomic E-state index is 0.317. The number of hydrogen-bond donors (Lipinski definition) is 2. The van der Waals surface area contributed by atoms with Gasteiger partial charge < -0.3 is 20.6 Å². The molecule has 0 aliphatic carbocycles. The lowest BCUT2D eigenvalue weighted by atomic mass is 10.1. The van der Waals surface area contributed by atoms with Crippen LogP contribution in [0.3, 0.4) is 0 Å². The Labute approximate surface area is 105 Å². The Morgan fingerprint density at radius 1 is 1.35 bits per heavy atom. The van der Waals surface area contributed by atoms with Gasteiger partial charge >= 0.3 is 0 Å². The van der Waals surface area contributed by atoms with Gasteiger partial charge in [0.15, 0.2) is 0 Å². The molecule has 0 aliphatic heterocycles. The number of amidine groups is 1. The third kappa shape index (κ3) is 10.1. The van der Waals surface area contributed by atoms with E-state index in [0.717, 1.165) is 39.1 Å². The van der Waals surface area contributed by atoms with Crippen molar-refractivity contribution in [3.63, 3.8) is 0 Å². The van der Waals surface area contributed by atoms with Gasteiger partial charge in [-0.15, -0.1) is 0 Å². The highest BCUT2D eigenvalue weighted by atomic mass is 16.5. The molecule has 0 spiro atoms. The Morgan fingerprint density at radius 2 is 2.06 bits per heavy atom. The maximum absolute atomic E-state index is 8.41. The van der Waals surface area contributed by atoms with E-state index in [9.17, 15) is 0 Å². The molecule has 0 aromatic heterocycles. The fourth-order valence-electron chi connectivity index (χ4n) is 1.72. The highest BCUT2D eigenvalue weighted by Gasteiger charge is 2.06. The molecule has 0 saturated heterocycles. The summed E-state index contributed by atoms with van der Waals surface area (Å²) in [5.41, 5.74) is 5.42. The predicted molar refractivity (Wildman–Crippen MR) is 70.4 cm³/mol. The summed E-state index contributed by atoms with van der Waals surface area (Å²) in [6.45, 7) is 8.31. The summed E-state index contributed by atoms with van der Waals surface area (Å²) in [7, 11) is 1.73. The molecule has 0 amide bonds. The van der Waals surface area contributed by atoms with Crippen LogP contribution in [0.4, 0.5) is 0 Å². The molecule has 102 valence electrons. The number of unbranched alkanes of at least 4 members (excludes halogenated alkanes) is 1. The summed E-state index contributed by atoms with van der Waals surface area (Å²) in [6.07, 6.45) is 2.68. The summed E-state index contributed by atoms with van der Waals surface area (Å²) in [4.78, 5) is 2.40. The van der Waals surface area contributed by atoms with Crippen molar-refractivity contribution in [2.45, 2.75) is 33.1 Å². The van der Waals surface area contributed by atoms with Crippen molar-refractivity contribution in [3.8, 4) is 0 Å². The Kier molecular flexibility index (Phi) is 9.86. The fourth-order valence-corrected chi connectivity index (χ4v) is 1.72. The average Bonchev–Trinajstić information content (AvgIpc) is 2.30. The molecule has 0 unspecified atom stereocenters. The van der Waals surface area contributed by atoms with Crippen LogP contribution < -0.4 is 5.73 Å². The lowest BCUT2D eigenvalue weighted by Gasteiger charge is -2.23. The number of rotatable bonds is 10. The van der Waals surface area contributed by atoms with Crippen LogP contribution in [0.15, 0.2) is 5.16 Å². The van der Waals surface area contributed by atoms with E-state index in [-0.39, 0.29) is 0 Å². The molecule has 0 aliphatic rings. The average molecular weight is 245 g/mol. The third-order valence-electron chi connectivity index (χ3n) is 2.52. The predicted octanol–water partition coefficient (Wildman–Crippen LogP) is 1.51. The molecular formula is C12H27N3O2. The Balaban J connectivity index is 3.74. The van der Waals surface area contributed by atoms with Crippen molar-refractivity contribution in [1.82, 2.24) is 4.90 Å². The van der Waals surface area contributed by atoms with E-state index < -0.39 is 0 Å². The number of methoxy groups -OCH3 is 1. The van der Waals surface area contributed by atoms with E-state index in [4.69, 9.17) is 15.7 Å². The van der Waals surface area contributed by atoms with Crippen LogP contribution in [-0.2, 0) is 4.74 Å². The first kappa shape index (κ1) is 16.2. The van der Waals surface area contributed by atoms with Gasteiger partial charge in [-0.1, -0.05) is 19.0 Å². The molecular weight excluding hydrogens is 218 g/mol. The number of oxime groups is 1. The van der Waals surface area contributed by atoms with Gasteiger partial charge in [0, 0.05) is 26.6 Å². The van der Waals surface area contributed by atoms with Crippen LogP contribution in [0.2, 0.25) is 0 Å². The van der Waals surface area contributed by atoms with E-state index in [2.05, 4.69) is 23.9 Å². The van der Waals surface area contributed by atoms with Crippen molar-refractivity contribution in [3.05, 3.63) is 0 Å². The van der Waals surface area contributed by atoms with Gasteiger partial charge in [-0.25, -0.2) is 0 Å². The summed E-state index contributed by atoms with van der Waals surface area (Å²) >= 11 is 0. The summed E-state index contributed by atoms with van der Waals surface area (Å²) in [5, 5.41) is 11.4. The Morgan fingerprint density at radius 3 is 2.59 bits per heavy atom. The zero-order chi connectivity index (χ0) is 13.1. The van der Waals surface area contributed by atoms with Gasteiger partial charge in [0.25, 0.3) is 0 Å². The van der Waals surface area contributed by atoms with E-state index in [1.165, 1.54) is 0 Å². The zero-order valence-electron chi connectivity index (χ0n) is 11.4. The van der Waals surface area contributed by atoms with Crippen molar-refractivity contribution >= 4 is 5.84 Å². The first-order valence-electron chi connectivity index (χ1n) is 6.27. The molecule has 5 nitrogen and oxygen atoms in total. The fraction of sp³-hybridized carbons (Fsp3) is 0.917. The molecule has 0 heterocycles. The van der Waals surface area contributed by atoms with Gasteiger partial charge in [-0.05, 0) is 25.3 Å². The third-order valence-corrected chi connectivity index (χ3v) is 2.52. The van der Waals surface area contributed by atoms with Crippen LogP contribution in [0.25, 0.3) is 0 Å². The van der Waals surface area contributed by atoms with Gasteiger partial charge in [0.1, 0.15) is 5.84 Å². The van der Waals surface area contributed by atoms with E-state index in [0.29, 0.717) is 18.2 Å². The standard InChI is InChI=1S/C12H27N3O2/c1-11(2)10-15(8-9-17-3)7-5-4-6-12(13)14-16/h11,16H,4-10H2,1-3H3,(H2,13,14). The van der Waals surface area contributed by atoms with Crippen molar-refractivity contribution in [1.29, 1.82) is 0 Å². The highest BCUT2D eigenvalue weighted by molar-refractivity contribution is 5.79. The topological polar surface area (TPSA) is 71.1 Å². The SMILES string of the molecule is COCCN(CCCCC(N)=NO)CC(C)C. The molecule has 3 N–H and O–H groups in total. The van der Waals surface area contributed by atoms with Crippen LogP contribution in [0.5, 0.6) is 0 Å². The van der Waals surface area contributed by atoms with Crippen molar-refractivity contribution in [2.24, 2.45) is 16.8 Å². The second-order valence-corrected chi connectivity index (χ2v) is 4.74. The molecule has 0 fully saturated rings. The highest BCUT2D eigenvalue weighted by Crippen LogP contribution is 2.03. The molecule has 0 aromatic rings. The summed E-state index contributed by atoms with van der Waals surface area (Å²) < 4.78 is 5.10. The van der Waals surface area contributed by atoms with Gasteiger partial charge in [0.2, 0.25) is 0 Å². The normalized spacial score (nSPS) is 12.6. The Bertz CT molecular complexity index is 208. The smallest absolute Gasteiger partial charge is 0.139 e. The van der Waals surface area contributed by atoms with E-state index in [1.54, 1.807) is 7.11 Å². The number of hydrogen-bond acceptors (Lipinski definition) is 4. The maximum Gasteiger partial charge on any atom is 0.139 e. The zero-order valence-corrected chi connectivity index (χ0v) is 11.4. The van der Waals surface area contributed by atoms with Crippen molar-refractivity contribution < 1.29 is 9.94 Å². The lowest BCUT2D eigenvalue weighted by molar-refractivity contribution is 0.139. The number of ether oxygens (including phenoxy) is 1. The minimum absolute atomic E-state index is 0.317. The van der Waals surface area contributed by atoms with Crippen LogP contribution in [0.1, 0.15) is 33.1 Å². The lowest BCUT2D eigenvalue weighted by Crippen LogP contribution is -2.32. The molecule has 0 bridgehead atoms. The molecule has 17 heavy (non-hydrogen) atoms. The molecule has 0 rings (SSSR count). The van der Waals surface area contributed by atoms with Crippen LogP contribution in [-0.4, -0.2) is 49.3 Å². The quantitative estimate of drug-likeness (QED) is 0.201. The van der Waals surface area contributed by atoms with E-state index in [1.807, 2.05) is 0 Å². The van der Waals surface area contributed by atoms with Gasteiger partial charge in [-0.2, -0.15) is 0 Å². The minimum Gasteiger partial charge on any atom is -0.409 e. The van der Waals surface area contributed by atoms with Crippen LogP contribution in [0, 0.1) is 5.92 Å². The molecule has 0 aromatic carbocycles. The molecule has 5 heteroatoms. The van der Waals surface area contributed by atoms with E-state index >= 15 is 0 Å². The second-order valence-electron chi connectivity index (χ2n) is 4.74. The largest absolute Gasteiger partial charge is 0.409 e. The molecule has 0 saturated carbocycles. The van der Waals surface area contributed by atoms with Gasteiger partial charge in [-0.3, -0.25) is 0 Å². The first-order chi connectivity index (χ1) is 8.10. The number of nitrogens with two attached hydrogens (primary N) is 1. The van der Waals surface area contributed by atoms with Crippen LogP contribution >= 0.6 is 0 Å². The first-order valence-corrected chi connectivity index (χ1v) is 6.27. The summed E-state index contributed by atoms with van der Waals surface area (Å²) in [6, 6.07) is 0. The maximum atomic E-state index is 8.41. The monoisotopic (exact) mass is 245 g/mol. The summed E-state index contributed by atoms with van der Waals surface area (Å²) in [5.74, 6) is 0.980. The van der Waals surface area contributed by atoms with Gasteiger partial charge in [0.05, 0.1) is 6.61 Å². The molecule has 0 atom stereocenters. The van der Waals surface area contributed by atoms with Crippen molar-refractivity contribution in [2.75, 3.05) is 33.4 Å². The Hall–Kier alpha value is -0.810. The second kappa shape index (κ2) is 10.4. The number of nitrogens with zero attached hydrogens (tertiary/aromatic N) is 2. The molecule has 0 radical (unpaired) electrons.